The van der Waals surface area contributed by atoms with Crippen LogP contribution in [0.5, 0.6) is 0 Å². The van der Waals surface area contributed by atoms with Crippen molar-refractivity contribution in [3.63, 3.8) is 0 Å². The summed E-state index contributed by atoms with van der Waals surface area (Å²) in [7, 11) is 0. The van der Waals surface area contributed by atoms with Crippen LogP contribution in [0.1, 0.15) is 30.0 Å². The van der Waals surface area contributed by atoms with Gasteiger partial charge < -0.3 is 10.6 Å². The second-order valence-corrected chi connectivity index (χ2v) is 6.71. The van der Waals surface area contributed by atoms with Crippen LogP contribution >= 0.6 is 0 Å². The third-order valence-corrected chi connectivity index (χ3v) is 4.88. The molecule has 2 aromatic rings. The zero-order valence-corrected chi connectivity index (χ0v) is 15.5. The predicted octanol–water partition coefficient (Wildman–Crippen LogP) is 2.47. The molecule has 1 saturated heterocycles. The van der Waals surface area contributed by atoms with E-state index in [9.17, 15) is 14.4 Å². The maximum Gasteiger partial charge on any atom is 0.325 e. The van der Waals surface area contributed by atoms with Crippen molar-refractivity contribution in [2.24, 2.45) is 0 Å². The molecule has 1 aliphatic heterocycles. The minimum Gasteiger partial charge on any atom is -0.350 e. The lowest BCUT2D eigenvalue weighted by Gasteiger charge is -2.25. The zero-order chi connectivity index (χ0) is 19.4. The molecule has 0 saturated carbocycles. The number of hydrogen-bond donors (Lipinski definition) is 2. The van der Waals surface area contributed by atoms with Crippen LogP contribution < -0.4 is 10.6 Å². The van der Waals surface area contributed by atoms with Crippen molar-refractivity contribution in [1.29, 1.82) is 0 Å². The smallest absolute Gasteiger partial charge is 0.325 e. The van der Waals surface area contributed by atoms with Gasteiger partial charge in [-0.1, -0.05) is 67.1 Å². The summed E-state index contributed by atoms with van der Waals surface area (Å²) >= 11 is 0. The molecular formula is C21H23N3O3. The fourth-order valence-corrected chi connectivity index (χ4v) is 3.24. The van der Waals surface area contributed by atoms with Gasteiger partial charge in [0.25, 0.3) is 5.91 Å². The van der Waals surface area contributed by atoms with Crippen LogP contribution in [0, 0.1) is 6.92 Å². The van der Waals surface area contributed by atoms with Gasteiger partial charge in [-0.3, -0.25) is 14.5 Å². The maximum atomic E-state index is 13.0. The number of aryl methyl sites for hydroxylation is 1. The van der Waals surface area contributed by atoms with Gasteiger partial charge in [0.05, 0.1) is 0 Å². The van der Waals surface area contributed by atoms with Gasteiger partial charge in [0.2, 0.25) is 5.91 Å². The van der Waals surface area contributed by atoms with Crippen molar-refractivity contribution in [2.45, 2.75) is 32.4 Å². The number of nitrogens with zero attached hydrogens (tertiary/aromatic N) is 1. The molecule has 0 spiro atoms. The Morgan fingerprint density at radius 1 is 1.07 bits per heavy atom. The van der Waals surface area contributed by atoms with Crippen LogP contribution in [0.2, 0.25) is 0 Å². The van der Waals surface area contributed by atoms with Gasteiger partial charge in [-0.2, -0.15) is 0 Å². The molecule has 6 heteroatoms. The normalized spacial score (nSPS) is 19.1. The van der Waals surface area contributed by atoms with Crippen LogP contribution in [0.25, 0.3) is 0 Å². The largest absolute Gasteiger partial charge is 0.350 e. The topological polar surface area (TPSA) is 78.5 Å². The molecule has 4 amide bonds. The second-order valence-electron chi connectivity index (χ2n) is 6.71. The quantitative estimate of drug-likeness (QED) is 0.772. The molecule has 1 atom stereocenters. The molecule has 0 unspecified atom stereocenters. The van der Waals surface area contributed by atoms with Gasteiger partial charge in [-0.05, 0) is 24.5 Å². The summed E-state index contributed by atoms with van der Waals surface area (Å²) < 4.78 is 0. The lowest BCUT2D eigenvalue weighted by Crippen LogP contribution is -2.44. The van der Waals surface area contributed by atoms with Gasteiger partial charge in [0.15, 0.2) is 0 Å². The first-order chi connectivity index (χ1) is 13.0. The highest BCUT2D eigenvalue weighted by molar-refractivity contribution is 6.09. The maximum absolute atomic E-state index is 13.0. The molecule has 27 heavy (non-hydrogen) atoms. The number of rotatable bonds is 6. The van der Waals surface area contributed by atoms with E-state index in [0.29, 0.717) is 13.0 Å². The molecule has 0 radical (unpaired) electrons. The average molecular weight is 365 g/mol. The van der Waals surface area contributed by atoms with Crippen LogP contribution in [0.3, 0.4) is 0 Å². The Hall–Kier alpha value is -3.15. The van der Waals surface area contributed by atoms with E-state index in [-0.39, 0.29) is 12.5 Å². The fourth-order valence-electron chi connectivity index (χ4n) is 3.24. The first kappa shape index (κ1) is 18.6. The minimum absolute atomic E-state index is 0.300. The highest BCUT2D eigenvalue weighted by Gasteiger charge is 2.51. The van der Waals surface area contributed by atoms with Crippen molar-refractivity contribution in [2.75, 3.05) is 6.54 Å². The van der Waals surface area contributed by atoms with Crippen molar-refractivity contribution < 1.29 is 14.4 Å². The van der Waals surface area contributed by atoms with Gasteiger partial charge in [0, 0.05) is 6.54 Å². The number of hydrogen-bond acceptors (Lipinski definition) is 3. The number of imide groups is 1. The number of carbonyl (C=O) groups is 3. The van der Waals surface area contributed by atoms with Gasteiger partial charge in [-0.15, -0.1) is 0 Å². The van der Waals surface area contributed by atoms with E-state index in [1.807, 2.05) is 68.4 Å². The molecule has 1 heterocycles. The third-order valence-electron chi connectivity index (χ3n) is 4.88. The molecule has 3 rings (SSSR count). The molecule has 0 aliphatic carbocycles. The highest BCUT2D eigenvalue weighted by Crippen LogP contribution is 2.32. The Morgan fingerprint density at radius 3 is 2.37 bits per heavy atom. The summed E-state index contributed by atoms with van der Waals surface area (Å²) in [5.74, 6) is -0.771. The average Bonchev–Trinajstić information content (AvgIpc) is 2.93. The third kappa shape index (κ3) is 3.69. The Kier molecular flexibility index (Phi) is 5.26. The Morgan fingerprint density at radius 2 is 1.74 bits per heavy atom. The highest BCUT2D eigenvalue weighted by atomic mass is 16.2. The number of nitrogens with one attached hydrogen (secondary N) is 2. The minimum atomic E-state index is -1.12. The molecule has 140 valence electrons. The lowest BCUT2D eigenvalue weighted by molar-refractivity contribution is -0.135. The van der Waals surface area contributed by atoms with Crippen LogP contribution in [-0.4, -0.2) is 29.3 Å². The van der Waals surface area contributed by atoms with Crippen LogP contribution in [-0.2, 0) is 21.7 Å². The van der Waals surface area contributed by atoms with E-state index < -0.39 is 17.5 Å². The standard InChI is InChI=1S/C21H23N3O3/c1-3-21(17-11-9-15(2)10-12-17)19(26)24(20(27)23-21)14-18(25)22-13-16-7-5-4-6-8-16/h4-12H,3,13-14H2,1-2H3,(H,22,25)(H,23,27)/t21-/m1/s1. The molecular weight excluding hydrogens is 342 g/mol. The summed E-state index contributed by atoms with van der Waals surface area (Å²) in [5.41, 5.74) is 1.62. The second kappa shape index (κ2) is 7.61. The monoisotopic (exact) mass is 365 g/mol. The summed E-state index contributed by atoms with van der Waals surface area (Å²) in [6.07, 6.45) is 0.406. The van der Waals surface area contributed by atoms with E-state index in [0.717, 1.165) is 21.6 Å². The molecule has 0 bridgehead atoms. The van der Waals surface area contributed by atoms with Crippen LogP contribution in [0.15, 0.2) is 54.6 Å². The Bertz CT molecular complexity index is 849. The Labute approximate surface area is 158 Å². The molecule has 0 aromatic heterocycles. The first-order valence-corrected chi connectivity index (χ1v) is 8.98. The van der Waals surface area contributed by atoms with E-state index >= 15 is 0 Å². The first-order valence-electron chi connectivity index (χ1n) is 8.98. The zero-order valence-electron chi connectivity index (χ0n) is 15.5. The van der Waals surface area contributed by atoms with Crippen molar-refractivity contribution in [1.82, 2.24) is 15.5 Å². The van der Waals surface area contributed by atoms with Gasteiger partial charge in [0.1, 0.15) is 12.1 Å². The SMILES string of the molecule is CC[C@]1(c2ccc(C)cc2)NC(=O)N(CC(=O)NCc2ccccc2)C1=O. The summed E-state index contributed by atoms with van der Waals surface area (Å²) in [4.78, 5) is 38.7. The van der Waals surface area contributed by atoms with E-state index in [4.69, 9.17) is 0 Å². The summed E-state index contributed by atoms with van der Waals surface area (Å²) in [5, 5.41) is 5.54. The van der Waals surface area contributed by atoms with E-state index in [1.54, 1.807) is 0 Å². The van der Waals surface area contributed by atoms with E-state index in [1.165, 1.54) is 0 Å². The summed E-state index contributed by atoms with van der Waals surface area (Å²) in [6, 6.07) is 16.4. The Balaban J connectivity index is 1.71. The molecule has 6 nitrogen and oxygen atoms in total. The lowest BCUT2D eigenvalue weighted by atomic mass is 9.87. The number of amides is 4. The van der Waals surface area contributed by atoms with Gasteiger partial charge >= 0.3 is 6.03 Å². The number of urea groups is 1. The van der Waals surface area contributed by atoms with E-state index in [2.05, 4.69) is 10.6 Å². The molecule has 2 N–H and O–H groups in total. The van der Waals surface area contributed by atoms with Crippen molar-refractivity contribution >= 4 is 17.8 Å². The number of carbonyl (C=O) groups excluding carboxylic acids is 3. The molecule has 2 aromatic carbocycles. The molecule has 1 fully saturated rings. The fraction of sp³-hybridized carbons (Fsp3) is 0.286. The number of benzene rings is 2. The molecule has 1 aliphatic rings. The van der Waals surface area contributed by atoms with Crippen LogP contribution in [0.4, 0.5) is 4.79 Å². The van der Waals surface area contributed by atoms with Crippen molar-refractivity contribution in [3.05, 3.63) is 71.3 Å². The summed E-state index contributed by atoms with van der Waals surface area (Å²) in [6.45, 7) is 3.85. The van der Waals surface area contributed by atoms with Gasteiger partial charge in [-0.25, -0.2) is 4.79 Å². The predicted molar refractivity (Wildman–Crippen MR) is 102 cm³/mol. The van der Waals surface area contributed by atoms with Crippen molar-refractivity contribution in [3.8, 4) is 0 Å².